The first kappa shape index (κ1) is 13.2. The molecule has 0 bridgehead atoms. The zero-order chi connectivity index (χ0) is 11.1. The second kappa shape index (κ2) is 6.63. The van der Waals surface area contributed by atoms with Gasteiger partial charge in [-0.1, -0.05) is 19.4 Å². The van der Waals surface area contributed by atoms with Crippen molar-refractivity contribution in [2.75, 3.05) is 13.1 Å². The first-order chi connectivity index (χ1) is 6.62. The third-order valence-corrected chi connectivity index (χ3v) is 2.76. The normalized spacial score (nSPS) is 9.79. The van der Waals surface area contributed by atoms with Gasteiger partial charge in [0.25, 0.3) is 0 Å². The van der Waals surface area contributed by atoms with E-state index in [0.29, 0.717) is 0 Å². The molecule has 0 unspecified atom stereocenters. The number of nitrogens with zero attached hydrogens (tertiary/aromatic N) is 1. The smallest absolute Gasteiger partial charge is 0.249 e. The molecule has 2 nitrogen and oxygen atoms in total. The van der Waals surface area contributed by atoms with E-state index in [1.54, 1.807) is 0 Å². The highest BCUT2D eigenvalue weighted by molar-refractivity contribution is 5.93. The summed E-state index contributed by atoms with van der Waals surface area (Å²) >= 11 is 0. The maximum absolute atomic E-state index is 11.9. The van der Waals surface area contributed by atoms with Crippen LogP contribution in [0.25, 0.3) is 0 Å². The predicted molar refractivity (Wildman–Crippen MR) is 61.2 cm³/mol. The van der Waals surface area contributed by atoms with Crippen LogP contribution in [0.2, 0.25) is 0 Å². The standard InChI is InChI=1S/C12H23NO/c1-6-11(7-2)10(5)12(14)13(8-3)9-4/h6-9H2,1-5H3. The molecule has 0 aromatic heterocycles. The Morgan fingerprint density at radius 1 is 1.00 bits per heavy atom. The van der Waals surface area contributed by atoms with E-state index >= 15 is 0 Å². The number of allylic oxidation sites excluding steroid dienone is 1. The van der Waals surface area contributed by atoms with Gasteiger partial charge in [-0.25, -0.2) is 0 Å². The number of rotatable bonds is 5. The van der Waals surface area contributed by atoms with Crippen LogP contribution in [0.3, 0.4) is 0 Å². The van der Waals surface area contributed by atoms with Gasteiger partial charge in [0.05, 0.1) is 0 Å². The van der Waals surface area contributed by atoms with Gasteiger partial charge in [-0.2, -0.15) is 0 Å². The highest BCUT2D eigenvalue weighted by Gasteiger charge is 2.13. The van der Waals surface area contributed by atoms with Crippen molar-refractivity contribution in [3.63, 3.8) is 0 Å². The van der Waals surface area contributed by atoms with Crippen LogP contribution in [0.15, 0.2) is 11.1 Å². The minimum absolute atomic E-state index is 0.203. The highest BCUT2D eigenvalue weighted by Crippen LogP contribution is 2.14. The molecule has 0 rings (SSSR count). The Kier molecular flexibility index (Phi) is 6.26. The number of carbonyl (C=O) groups excluding carboxylic acids is 1. The van der Waals surface area contributed by atoms with Gasteiger partial charge in [0, 0.05) is 18.7 Å². The Hall–Kier alpha value is -0.790. The Morgan fingerprint density at radius 2 is 1.43 bits per heavy atom. The van der Waals surface area contributed by atoms with E-state index in [1.165, 1.54) is 5.57 Å². The molecule has 0 heterocycles. The highest BCUT2D eigenvalue weighted by atomic mass is 16.2. The minimum atomic E-state index is 0.203. The lowest BCUT2D eigenvalue weighted by molar-refractivity contribution is -0.126. The van der Waals surface area contributed by atoms with Crippen molar-refractivity contribution in [2.24, 2.45) is 0 Å². The van der Waals surface area contributed by atoms with Gasteiger partial charge in [-0.15, -0.1) is 0 Å². The Labute approximate surface area is 88.0 Å². The van der Waals surface area contributed by atoms with Crippen molar-refractivity contribution in [3.8, 4) is 0 Å². The third-order valence-electron chi connectivity index (χ3n) is 2.76. The van der Waals surface area contributed by atoms with Gasteiger partial charge in [0.15, 0.2) is 0 Å². The molecular weight excluding hydrogens is 174 g/mol. The molecule has 0 N–H and O–H groups in total. The monoisotopic (exact) mass is 197 g/mol. The molecule has 0 fully saturated rings. The molecule has 1 amide bonds. The lowest BCUT2D eigenvalue weighted by Gasteiger charge is -2.20. The summed E-state index contributed by atoms with van der Waals surface area (Å²) in [5.41, 5.74) is 2.22. The lowest BCUT2D eigenvalue weighted by atomic mass is 10.0. The van der Waals surface area contributed by atoms with Gasteiger partial charge < -0.3 is 4.90 Å². The van der Waals surface area contributed by atoms with E-state index in [1.807, 2.05) is 25.7 Å². The van der Waals surface area contributed by atoms with Crippen LogP contribution in [0, 0.1) is 0 Å². The summed E-state index contributed by atoms with van der Waals surface area (Å²) in [7, 11) is 0. The van der Waals surface area contributed by atoms with Crippen LogP contribution in [0.4, 0.5) is 0 Å². The van der Waals surface area contributed by atoms with Crippen molar-refractivity contribution >= 4 is 5.91 Å². The van der Waals surface area contributed by atoms with Gasteiger partial charge in [0.2, 0.25) is 5.91 Å². The Morgan fingerprint density at radius 3 is 1.71 bits per heavy atom. The Balaban J connectivity index is 4.73. The average molecular weight is 197 g/mol. The molecule has 0 aromatic carbocycles. The third kappa shape index (κ3) is 3.17. The largest absolute Gasteiger partial charge is 0.339 e. The zero-order valence-electron chi connectivity index (χ0n) is 10.2. The van der Waals surface area contributed by atoms with Crippen LogP contribution in [-0.4, -0.2) is 23.9 Å². The Bertz CT molecular complexity index is 208. The van der Waals surface area contributed by atoms with E-state index in [0.717, 1.165) is 31.5 Å². The van der Waals surface area contributed by atoms with E-state index in [4.69, 9.17) is 0 Å². The molecule has 82 valence electrons. The van der Waals surface area contributed by atoms with Crippen molar-refractivity contribution in [1.29, 1.82) is 0 Å². The molecule has 14 heavy (non-hydrogen) atoms. The molecular formula is C12H23NO. The van der Waals surface area contributed by atoms with Gasteiger partial charge in [-0.3, -0.25) is 4.79 Å². The SMILES string of the molecule is CCC(CC)=C(C)C(=O)N(CC)CC. The lowest BCUT2D eigenvalue weighted by Crippen LogP contribution is -2.31. The molecule has 0 aliphatic rings. The molecule has 0 atom stereocenters. The van der Waals surface area contributed by atoms with Crippen molar-refractivity contribution in [1.82, 2.24) is 4.90 Å². The summed E-state index contributed by atoms with van der Waals surface area (Å²) in [5.74, 6) is 0.203. The van der Waals surface area contributed by atoms with Crippen molar-refractivity contribution in [3.05, 3.63) is 11.1 Å². The summed E-state index contributed by atoms with van der Waals surface area (Å²) in [5, 5.41) is 0. The quantitative estimate of drug-likeness (QED) is 0.620. The van der Waals surface area contributed by atoms with Crippen LogP contribution in [0.1, 0.15) is 47.5 Å². The van der Waals surface area contributed by atoms with Crippen LogP contribution >= 0.6 is 0 Å². The first-order valence-corrected chi connectivity index (χ1v) is 5.60. The van der Waals surface area contributed by atoms with E-state index in [9.17, 15) is 4.79 Å². The van der Waals surface area contributed by atoms with Crippen molar-refractivity contribution in [2.45, 2.75) is 47.5 Å². The molecule has 0 saturated carbocycles. The molecule has 0 radical (unpaired) electrons. The van der Waals surface area contributed by atoms with E-state index in [2.05, 4.69) is 13.8 Å². The molecule has 0 spiro atoms. The maximum Gasteiger partial charge on any atom is 0.249 e. The summed E-state index contributed by atoms with van der Waals surface area (Å²) in [6.07, 6.45) is 1.96. The molecule has 0 aliphatic carbocycles. The minimum Gasteiger partial charge on any atom is -0.339 e. The maximum atomic E-state index is 11.9. The van der Waals surface area contributed by atoms with Crippen LogP contribution in [0.5, 0.6) is 0 Å². The number of hydrogen-bond donors (Lipinski definition) is 0. The molecule has 2 heteroatoms. The molecule has 0 aliphatic heterocycles. The fraction of sp³-hybridized carbons (Fsp3) is 0.750. The van der Waals surface area contributed by atoms with Gasteiger partial charge in [-0.05, 0) is 33.6 Å². The van der Waals surface area contributed by atoms with Crippen LogP contribution < -0.4 is 0 Å². The summed E-state index contributed by atoms with van der Waals surface area (Å²) in [4.78, 5) is 13.8. The molecule has 0 saturated heterocycles. The van der Waals surface area contributed by atoms with Crippen LogP contribution in [-0.2, 0) is 4.79 Å². The second-order valence-corrected chi connectivity index (χ2v) is 3.41. The average Bonchev–Trinajstić information content (AvgIpc) is 2.21. The fourth-order valence-electron chi connectivity index (χ4n) is 1.68. The predicted octanol–water partition coefficient (Wildman–Crippen LogP) is 2.99. The van der Waals surface area contributed by atoms with Gasteiger partial charge in [0.1, 0.15) is 0 Å². The topological polar surface area (TPSA) is 20.3 Å². The summed E-state index contributed by atoms with van der Waals surface area (Å²) < 4.78 is 0. The summed E-state index contributed by atoms with van der Waals surface area (Å²) in [6.45, 7) is 11.8. The number of amides is 1. The number of hydrogen-bond acceptors (Lipinski definition) is 1. The van der Waals surface area contributed by atoms with E-state index < -0.39 is 0 Å². The number of carbonyl (C=O) groups is 1. The second-order valence-electron chi connectivity index (χ2n) is 3.41. The van der Waals surface area contributed by atoms with Crippen molar-refractivity contribution < 1.29 is 4.79 Å². The van der Waals surface area contributed by atoms with E-state index in [-0.39, 0.29) is 5.91 Å². The zero-order valence-corrected chi connectivity index (χ0v) is 10.2. The summed E-state index contributed by atoms with van der Waals surface area (Å²) in [6, 6.07) is 0. The fourth-order valence-corrected chi connectivity index (χ4v) is 1.68. The molecule has 0 aromatic rings. The first-order valence-electron chi connectivity index (χ1n) is 5.60. The van der Waals surface area contributed by atoms with Gasteiger partial charge >= 0.3 is 0 Å². The number of likely N-dealkylation sites (N-methyl/N-ethyl adjacent to an activating group) is 1.